The van der Waals surface area contributed by atoms with Gasteiger partial charge in [-0.25, -0.2) is 0 Å². The first-order valence-electron chi connectivity index (χ1n) is 5.67. The molecule has 0 aliphatic carbocycles. The van der Waals surface area contributed by atoms with Gasteiger partial charge in [-0.1, -0.05) is 12.1 Å². The molecular formula is C14H8F6O. The average molecular weight is 306 g/mol. The van der Waals surface area contributed by atoms with Gasteiger partial charge in [-0.05, 0) is 35.9 Å². The maximum atomic E-state index is 12.6. The lowest BCUT2D eigenvalue weighted by molar-refractivity contribution is -0.138. The number of aromatic hydroxyl groups is 1. The molecule has 0 heterocycles. The van der Waals surface area contributed by atoms with Crippen LogP contribution >= 0.6 is 0 Å². The summed E-state index contributed by atoms with van der Waals surface area (Å²) in [7, 11) is 0. The molecule has 0 spiro atoms. The van der Waals surface area contributed by atoms with Crippen molar-refractivity contribution in [3.63, 3.8) is 0 Å². The van der Waals surface area contributed by atoms with E-state index in [1.54, 1.807) is 0 Å². The Bertz CT molecular complexity index is 640. The Morgan fingerprint density at radius 2 is 1.14 bits per heavy atom. The minimum atomic E-state index is -4.60. The Morgan fingerprint density at radius 3 is 1.62 bits per heavy atom. The zero-order valence-electron chi connectivity index (χ0n) is 10.3. The van der Waals surface area contributed by atoms with Crippen LogP contribution in [0.3, 0.4) is 0 Å². The van der Waals surface area contributed by atoms with Crippen molar-refractivity contribution in [2.45, 2.75) is 12.4 Å². The third-order valence-corrected chi connectivity index (χ3v) is 2.85. The Hall–Kier alpha value is -2.18. The third kappa shape index (κ3) is 3.29. The van der Waals surface area contributed by atoms with Crippen molar-refractivity contribution in [1.29, 1.82) is 0 Å². The van der Waals surface area contributed by atoms with E-state index in [0.29, 0.717) is 12.1 Å². The van der Waals surface area contributed by atoms with Crippen LogP contribution in [0.1, 0.15) is 11.1 Å². The fourth-order valence-electron chi connectivity index (χ4n) is 1.78. The van der Waals surface area contributed by atoms with Crippen LogP contribution in [0.5, 0.6) is 5.75 Å². The molecule has 2 aromatic rings. The normalized spacial score (nSPS) is 12.5. The molecule has 0 aliphatic rings. The van der Waals surface area contributed by atoms with Gasteiger partial charge >= 0.3 is 12.4 Å². The van der Waals surface area contributed by atoms with E-state index in [0.717, 1.165) is 30.3 Å². The highest BCUT2D eigenvalue weighted by Crippen LogP contribution is 2.37. The quantitative estimate of drug-likeness (QED) is 0.727. The number of halogens is 6. The van der Waals surface area contributed by atoms with Crippen molar-refractivity contribution in [3.8, 4) is 16.9 Å². The average Bonchev–Trinajstić information content (AvgIpc) is 2.37. The molecule has 2 aromatic carbocycles. The summed E-state index contributed by atoms with van der Waals surface area (Å²) in [6.07, 6.45) is -9.14. The van der Waals surface area contributed by atoms with Gasteiger partial charge in [-0.2, -0.15) is 26.3 Å². The molecule has 0 saturated carbocycles. The van der Waals surface area contributed by atoms with Crippen molar-refractivity contribution >= 4 is 0 Å². The minimum absolute atomic E-state index is 0.0617. The summed E-state index contributed by atoms with van der Waals surface area (Å²) in [6, 6.07) is 5.76. The van der Waals surface area contributed by atoms with E-state index < -0.39 is 29.2 Å². The first-order valence-corrected chi connectivity index (χ1v) is 5.67. The van der Waals surface area contributed by atoms with Crippen LogP contribution in [0.2, 0.25) is 0 Å². The molecular weight excluding hydrogens is 298 g/mol. The van der Waals surface area contributed by atoms with Gasteiger partial charge in [0.2, 0.25) is 0 Å². The molecule has 0 fully saturated rings. The fraction of sp³-hybridized carbons (Fsp3) is 0.143. The van der Waals surface area contributed by atoms with Crippen molar-refractivity contribution in [3.05, 3.63) is 53.6 Å². The van der Waals surface area contributed by atoms with Crippen LogP contribution in [-0.4, -0.2) is 5.11 Å². The lowest BCUT2D eigenvalue weighted by Gasteiger charge is -2.12. The number of hydrogen-bond acceptors (Lipinski definition) is 1. The van der Waals surface area contributed by atoms with E-state index in [1.165, 1.54) is 0 Å². The molecule has 0 saturated heterocycles. The first-order chi connectivity index (χ1) is 9.59. The maximum Gasteiger partial charge on any atom is 0.416 e. The van der Waals surface area contributed by atoms with Gasteiger partial charge in [0, 0.05) is 5.56 Å². The Morgan fingerprint density at radius 1 is 0.667 bits per heavy atom. The number of benzene rings is 2. The van der Waals surface area contributed by atoms with Crippen LogP contribution < -0.4 is 0 Å². The molecule has 21 heavy (non-hydrogen) atoms. The van der Waals surface area contributed by atoms with Crippen LogP contribution in [0, 0.1) is 0 Å². The van der Waals surface area contributed by atoms with Crippen molar-refractivity contribution in [1.82, 2.24) is 0 Å². The van der Waals surface area contributed by atoms with Crippen LogP contribution in [0.25, 0.3) is 11.1 Å². The fourth-order valence-corrected chi connectivity index (χ4v) is 1.78. The number of phenols is 1. The van der Waals surface area contributed by atoms with Gasteiger partial charge in [0.05, 0.1) is 11.1 Å². The van der Waals surface area contributed by atoms with Gasteiger partial charge in [0.1, 0.15) is 5.75 Å². The summed E-state index contributed by atoms with van der Waals surface area (Å²) in [5.74, 6) is -0.442. The van der Waals surface area contributed by atoms with Gasteiger partial charge in [0.25, 0.3) is 0 Å². The predicted octanol–water partition coefficient (Wildman–Crippen LogP) is 5.10. The largest absolute Gasteiger partial charge is 0.507 e. The highest BCUT2D eigenvalue weighted by atomic mass is 19.4. The number of alkyl halides is 6. The van der Waals surface area contributed by atoms with Crippen LogP contribution in [0.4, 0.5) is 26.3 Å². The Kier molecular flexibility index (Phi) is 3.61. The lowest BCUT2D eigenvalue weighted by Crippen LogP contribution is -2.05. The Balaban J connectivity index is 2.47. The van der Waals surface area contributed by atoms with Gasteiger partial charge in [-0.3, -0.25) is 0 Å². The van der Waals surface area contributed by atoms with Gasteiger partial charge in [-0.15, -0.1) is 0 Å². The van der Waals surface area contributed by atoms with E-state index in [1.807, 2.05) is 0 Å². The van der Waals surface area contributed by atoms with E-state index >= 15 is 0 Å². The van der Waals surface area contributed by atoms with Crippen molar-refractivity contribution < 1.29 is 31.4 Å². The van der Waals surface area contributed by atoms with Crippen LogP contribution in [0.15, 0.2) is 42.5 Å². The van der Waals surface area contributed by atoms with E-state index in [9.17, 15) is 31.4 Å². The summed E-state index contributed by atoms with van der Waals surface area (Å²) in [5.41, 5.74) is -2.03. The standard InChI is InChI=1S/C14H8F6O/c15-13(16,17)9-3-1-8(2-4-9)11-7-10(14(18,19)20)5-6-12(11)21/h1-7,21H. The summed E-state index contributed by atoms with van der Waals surface area (Å²) in [4.78, 5) is 0. The third-order valence-electron chi connectivity index (χ3n) is 2.85. The van der Waals surface area contributed by atoms with Crippen LogP contribution in [-0.2, 0) is 12.4 Å². The molecule has 2 rings (SSSR count). The lowest BCUT2D eigenvalue weighted by atomic mass is 10.0. The first kappa shape index (κ1) is 15.2. The molecule has 1 nitrogen and oxygen atoms in total. The van der Waals surface area contributed by atoms with E-state index in [-0.39, 0.29) is 11.1 Å². The molecule has 112 valence electrons. The highest BCUT2D eigenvalue weighted by Gasteiger charge is 2.32. The molecule has 0 unspecified atom stereocenters. The second-order valence-electron chi connectivity index (χ2n) is 4.30. The number of hydrogen-bond donors (Lipinski definition) is 1. The smallest absolute Gasteiger partial charge is 0.416 e. The molecule has 0 aliphatic heterocycles. The molecule has 1 N–H and O–H groups in total. The predicted molar refractivity (Wildman–Crippen MR) is 63.5 cm³/mol. The zero-order valence-corrected chi connectivity index (χ0v) is 10.3. The molecule has 0 bridgehead atoms. The van der Waals surface area contributed by atoms with Gasteiger partial charge < -0.3 is 5.11 Å². The summed E-state index contributed by atoms with van der Waals surface area (Å²) < 4.78 is 75.1. The van der Waals surface area contributed by atoms with E-state index in [2.05, 4.69) is 0 Å². The number of rotatable bonds is 1. The van der Waals surface area contributed by atoms with Crippen molar-refractivity contribution in [2.75, 3.05) is 0 Å². The molecule has 0 radical (unpaired) electrons. The summed E-state index contributed by atoms with van der Waals surface area (Å²) in [5, 5.41) is 9.59. The van der Waals surface area contributed by atoms with Crippen molar-refractivity contribution in [2.24, 2.45) is 0 Å². The highest BCUT2D eigenvalue weighted by molar-refractivity contribution is 5.71. The second-order valence-corrected chi connectivity index (χ2v) is 4.30. The van der Waals surface area contributed by atoms with Gasteiger partial charge in [0.15, 0.2) is 0 Å². The maximum absolute atomic E-state index is 12.6. The summed E-state index contributed by atoms with van der Waals surface area (Å²) in [6.45, 7) is 0. The monoisotopic (exact) mass is 306 g/mol. The molecule has 0 aromatic heterocycles. The van der Waals surface area contributed by atoms with E-state index in [4.69, 9.17) is 0 Å². The topological polar surface area (TPSA) is 20.2 Å². The number of phenolic OH excluding ortho intramolecular Hbond substituents is 1. The molecule has 0 amide bonds. The Labute approximate surface area is 115 Å². The minimum Gasteiger partial charge on any atom is -0.507 e. The zero-order chi connectivity index (χ0) is 15.8. The molecule has 0 atom stereocenters. The second kappa shape index (κ2) is 4.98. The molecule has 7 heteroatoms. The SMILES string of the molecule is Oc1ccc(C(F)(F)F)cc1-c1ccc(C(F)(F)F)cc1. The summed E-state index contributed by atoms with van der Waals surface area (Å²) >= 11 is 0.